The van der Waals surface area contributed by atoms with E-state index in [4.69, 9.17) is 12.2 Å². The predicted octanol–water partition coefficient (Wildman–Crippen LogP) is 3.88. The van der Waals surface area contributed by atoms with E-state index in [1.54, 1.807) is 22.8 Å². The van der Waals surface area contributed by atoms with Crippen molar-refractivity contribution in [3.63, 3.8) is 0 Å². The summed E-state index contributed by atoms with van der Waals surface area (Å²) >= 11 is 5.45. The van der Waals surface area contributed by atoms with E-state index in [1.165, 1.54) is 12.8 Å². The molecule has 1 aliphatic carbocycles. The molecule has 30 heavy (non-hydrogen) atoms. The number of allylic oxidation sites excluding steroid dienone is 2. The molecule has 1 atom stereocenters. The number of nitrogens with zero attached hydrogens (tertiary/aromatic N) is 2. The minimum atomic E-state index is -0.142. The molecule has 0 bridgehead atoms. The van der Waals surface area contributed by atoms with Gasteiger partial charge in [0.05, 0.1) is 10.9 Å². The van der Waals surface area contributed by atoms with Gasteiger partial charge in [-0.2, -0.15) is 0 Å². The Hall–Kier alpha value is -2.25. The maximum Gasteiger partial charge on any atom is 0.262 e. The molecule has 0 saturated carbocycles. The Morgan fingerprint density at radius 3 is 2.83 bits per heavy atom. The standard InChI is InChI=1S/C23H32N4O2S/c1-3-26(4-2)15-13-24-21(28)18-10-11-19-20(16-18)25-23(30)27(22(19)29)14-12-17-8-6-5-7-9-17/h6,8,10-11,16-17H,3-5,7,9,12-15H2,1-2H3,(H,24,28)(H,25,30). The third-order valence-corrected chi connectivity index (χ3v) is 6.25. The van der Waals surface area contributed by atoms with Crippen molar-refractivity contribution in [2.75, 3.05) is 26.2 Å². The lowest BCUT2D eigenvalue weighted by molar-refractivity contribution is 0.0949. The zero-order chi connectivity index (χ0) is 21.5. The molecule has 2 aromatic rings. The average Bonchev–Trinajstić information content (AvgIpc) is 2.76. The summed E-state index contributed by atoms with van der Waals surface area (Å²) < 4.78 is 2.05. The fraction of sp³-hybridized carbons (Fsp3) is 0.522. The van der Waals surface area contributed by atoms with Crippen LogP contribution in [-0.4, -0.2) is 46.5 Å². The number of likely N-dealkylation sites (N-methyl/N-ethyl adjacent to an activating group) is 1. The number of carbonyl (C=O) groups is 1. The lowest BCUT2D eigenvalue weighted by Gasteiger charge is -2.18. The van der Waals surface area contributed by atoms with Gasteiger partial charge in [0.15, 0.2) is 4.77 Å². The largest absolute Gasteiger partial charge is 0.351 e. The van der Waals surface area contributed by atoms with E-state index < -0.39 is 0 Å². The zero-order valence-electron chi connectivity index (χ0n) is 17.9. The van der Waals surface area contributed by atoms with Gasteiger partial charge in [0.1, 0.15) is 0 Å². The van der Waals surface area contributed by atoms with Crippen LogP contribution in [0.2, 0.25) is 0 Å². The lowest BCUT2D eigenvalue weighted by atomic mass is 9.93. The van der Waals surface area contributed by atoms with Crippen molar-refractivity contribution in [3.8, 4) is 0 Å². The molecule has 0 radical (unpaired) electrons. The molecule has 1 heterocycles. The second-order valence-electron chi connectivity index (χ2n) is 7.84. The quantitative estimate of drug-likeness (QED) is 0.470. The second-order valence-corrected chi connectivity index (χ2v) is 8.22. The summed E-state index contributed by atoms with van der Waals surface area (Å²) in [5, 5.41) is 3.51. The van der Waals surface area contributed by atoms with Crippen LogP contribution in [0.3, 0.4) is 0 Å². The third-order valence-electron chi connectivity index (χ3n) is 5.93. The number of amides is 1. The van der Waals surface area contributed by atoms with Crippen LogP contribution in [0.25, 0.3) is 10.9 Å². The Kier molecular flexibility index (Phi) is 7.99. The summed E-state index contributed by atoms with van der Waals surface area (Å²) in [6.07, 6.45) is 8.92. The van der Waals surface area contributed by atoms with Gasteiger partial charge in [-0.05, 0) is 75.1 Å². The number of nitrogens with one attached hydrogen (secondary N) is 2. The number of rotatable bonds is 9. The van der Waals surface area contributed by atoms with Crippen LogP contribution in [0.1, 0.15) is 49.9 Å². The molecule has 162 valence electrons. The second kappa shape index (κ2) is 10.7. The Labute approximate surface area is 183 Å². The van der Waals surface area contributed by atoms with E-state index in [2.05, 4.69) is 41.2 Å². The van der Waals surface area contributed by atoms with Gasteiger partial charge in [-0.3, -0.25) is 14.2 Å². The van der Waals surface area contributed by atoms with Crippen molar-refractivity contribution >= 4 is 29.0 Å². The van der Waals surface area contributed by atoms with Crippen molar-refractivity contribution in [2.45, 2.75) is 46.1 Å². The molecule has 7 heteroatoms. The van der Waals surface area contributed by atoms with Gasteiger partial charge < -0.3 is 15.2 Å². The third kappa shape index (κ3) is 5.46. The van der Waals surface area contributed by atoms with Gasteiger partial charge in [-0.1, -0.05) is 26.0 Å². The molecule has 1 aromatic heterocycles. The highest BCUT2D eigenvalue weighted by Gasteiger charge is 2.13. The SMILES string of the molecule is CCN(CC)CCNC(=O)c1ccc2c(=O)n(CCC3C=CCCC3)c(=S)[nH]c2c1. The first-order chi connectivity index (χ1) is 14.5. The number of carbonyl (C=O) groups excluding carboxylic acids is 1. The molecule has 2 N–H and O–H groups in total. The summed E-state index contributed by atoms with van der Waals surface area (Å²) in [5.41, 5.74) is 1.04. The monoisotopic (exact) mass is 428 g/mol. The fourth-order valence-corrected chi connectivity index (χ4v) is 4.27. The highest BCUT2D eigenvalue weighted by molar-refractivity contribution is 7.71. The molecule has 0 fully saturated rings. The van der Waals surface area contributed by atoms with Gasteiger partial charge in [0, 0.05) is 25.2 Å². The summed E-state index contributed by atoms with van der Waals surface area (Å²) in [5.74, 6) is 0.370. The van der Waals surface area contributed by atoms with Crippen LogP contribution in [0.5, 0.6) is 0 Å². The van der Waals surface area contributed by atoms with E-state index in [0.717, 1.165) is 32.5 Å². The van der Waals surface area contributed by atoms with Crippen LogP contribution in [0.4, 0.5) is 0 Å². The first kappa shape index (κ1) is 22.4. The number of fused-ring (bicyclic) bond motifs is 1. The molecule has 0 aliphatic heterocycles. The van der Waals surface area contributed by atoms with Gasteiger partial charge in [0.25, 0.3) is 11.5 Å². The van der Waals surface area contributed by atoms with E-state index in [1.807, 2.05) is 0 Å². The zero-order valence-corrected chi connectivity index (χ0v) is 18.8. The van der Waals surface area contributed by atoms with Crippen molar-refractivity contribution < 1.29 is 4.79 Å². The van der Waals surface area contributed by atoms with E-state index >= 15 is 0 Å². The Balaban J connectivity index is 1.73. The first-order valence-electron chi connectivity index (χ1n) is 11.0. The number of aromatic amines is 1. The molecule has 1 aliphatic rings. The van der Waals surface area contributed by atoms with Crippen molar-refractivity contribution in [2.24, 2.45) is 5.92 Å². The van der Waals surface area contributed by atoms with Gasteiger partial charge in [-0.25, -0.2) is 0 Å². The van der Waals surface area contributed by atoms with E-state index in [0.29, 0.717) is 40.2 Å². The number of H-pyrrole nitrogens is 1. The summed E-state index contributed by atoms with van der Waals surface area (Å²) in [4.78, 5) is 30.9. The number of hydrogen-bond acceptors (Lipinski definition) is 4. The minimum Gasteiger partial charge on any atom is -0.351 e. The molecular formula is C23H32N4O2S. The molecule has 1 unspecified atom stereocenters. The van der Waals surface area contributed by atoms with Gasteiger partial charge in [0.2, 0.25) is 0 Å². The number of hydrogen-bond donors (Lipinski definition) is 2. The Morgan fingerprint density at radius 2 is 2.13 bits per heavy atom. The maximum absolute atomic E-state index is 13.0. The molecule has 0 saturated heterocycles. The van der Waals surface area contributed by atoms with Crippen LogP contribution in [0, 0.1) is 10.7 Å². The average molecular weight is 429 g/mol. The highest BCUT2D eigenvalue weighted by Crippen LogP contribution is 2.20. The van der Waals surface area contributed by atoms with Crippen LogP contribution in [0.15, 0.2) is 35.1 Å². The first-order valence-corrected chi connectivity index (χ1v) is 11.4. The maximum atomic E-state index is 13.0. The van der Waals surface area contributed by atoms with Crippen LogP contribution >= 0.6 is 12.2 Å². The minimum absolute atomic E-state index is 0.0953. The molecule has 6 nitrogen and oxygen atoms in total. The normalized spacial score (nSPS) is 16.3. The summed E-state index contributed by atoms with van der Waals surface area (Å²) in [6.45, 7) is 8.14. The molecular weight excluding hydrogens is 396 g/mol. The smallest absolute Gasteiger partial charge is 0.262 e. The molecule has 0 spiro atoms. The topological polar surface area (TPSA) is 70.1 Å². The Bertz CT molecular complexity index is 1020. The summed E-state index contributed by atoms with van der Waals surface area (Å²) in [7, 11) is 0. The van der Waals surface area contributed by atoms with Gasteiger partial charge in [-0.15, -0.1) is 0 Å². The molecule has 1 amide bonds. The van der Waals surface area contributed by atoms with Crippen LogP contribution in [-0.2, 0) is 6.54 Å². The lowest BCUT2D eigenvalue weighted by Crippen LogP contribution is -2.34. The molecule has 1 aromatic carbocycles. The van der Waals surface area contributed by atoms with Crippen molar-refractivity contribution in [3.05, 3.63) is 51.0 Å². The van der Waals surface area contributed by atoms with E-state index in [-0.39, 0.29) is 11.5 Å². The molecule has 3 rings (SSSR count). The van der Waals surface area contributed by atoms with Gasteiger partial charge >= 0.3 is 0 Å². The summed E-state index contributed by atoms with van der Waals surface area (Å²) in [6, 6.07) is 5.15. The fourth-order valence-electron chi connectivity index (χ4n) is 3.99. The van der Waals surface area contributed by atoms with Crippen LogP contribution < -0.4 is 10.9 Å². The predicted molar refractivity (Wildman–Crippen MR) is 125 cm³/mol. The highest BCUT2D eigenvalue weighted by atomic mass is 32.1. The van der Waals surface area contributed by atoms with E-state index in [9.17, 15) is 9.59 Å². The van der Waals surface area contributed by atoms with Crippen molar-refractivity contribution in [1.82, 2.24) is 19.8 Å². The number of benzene rings is 1. The number of aromatic nitrogens is 2. The Morgan fingerprint density at radius 1 is 1.33 bits per heavy atom. The van der Waals surface area contributed by atoms with Crippen molar-refractivity contribution in [1.29, 1.82) is 0 Å².